The molecule has 134 valence electrons. The van der Waals surface area contributed by atoms with Crippen LogP contribution in [-0.4, -0.2) is 39.1 Å². The van der Waals surface area contributed by atoms with Gasteiger partial charge in [0.15, 0.2) is 0 Å². The molecule has 0 aromatic carbocycles. The lowest BCUT2D eigenvalue weighted by Gasteiger charge is -2.25. The maximum absolute atomic E-state index is 5.92. The first-order chi connectivity index (χ1) is 10.7. The van der Waals surface area contributed by atoms with E-state index in [0.29, 0.717) is 38.4 Å². The zero-order valence-electron chi connectivity index (χ0n) is 15.7. The van der Waals surface area contributed by atoms with Crippen LogP contribution in [0.5, 0.6) is 0 Å². The van der Waals surface area contributed by atoms with Gasteiger partial charge in [0, 0.05) is 6.61 Å². The Balaban J connectivity index is 3.61. The maximum atomic E-state index is 5.92. The van der Waals surface area contributed by atoms with Crippen LogP contribution >= 0.6 is 0 Å². The highest BCUT2D eigenvalue weighted by Crippen LogP contribution is 2.24. The van der Waals surface area contributed by atoms with E-state index in [1.165, 1.54) is 32.1 Å². The first-order valence-corrected chi connectivity index (χ1v) is 9.42. The van der Waals surface area contributed by atoms with Crippen molar-refractivity contribution < 1.29 is 14.2 Å². The van der Waals surface area contributed by atoms with Gasteiger partial charge in [0.25, 0.3) is 0 Å². The highest BCUT2D eigenvalue weighted by molar-refractivity contribution is 4.67. The summed E-state index contributed by atoms with van der Waals surface area (Å²) in [6.07, 6.45) is 7.97. The highest BCUT2D eigenvalue weighted by Gasteiger charge is 2.17. The SMILES string of the molecule is CCCCC(CC)CC(C)C(C)OCCOCCOCCC. The van der Waals surface area contributed by atoms with Gasteiger partial charge in [0.2, 0.25) is 0 Å². The van der Waals surface area contributed by atoms with Crippen molar-refractivity contribution in [3.05, 3.63) is 0 Å². The third kappa shape index (κ3) is 12.4. The van der Waals surface area contributed by atoms with E-state index in [1.807, 2.05) is 0 Å². The third-order valence-electron chi connectivity index (χ3n) is 4.38. The molecule has 0 saturated heterocycles. The molecule has 0 aliphatic carbocycles. The molecule has 0 bridgehead atoms. The van der Waals surface area contributed by atoms with Gasteiger partial charge >= 0.3 is 0 Å². The van der Waals surface area contributed by atoms with Crippen LogP contribution < -0.4 is 0 Å². The topological polar surface area (TPSA) is 27.7 Å². The lowest BCUT2D eigenvalue weighted by atomic mass is 9.87. The summed E-state index contributed by atoms with van der Waals surface area (Å²) in [5, 5.41) is 0. The molecule has 0 aliphatic heterocycles. The number of hydrogen-bond donors (Lipinski definition) is 0. The Bertz CT molecular complexity index is 221. The molecule has 0 rings (SSSR count). The fourth-order valence-corrected chi connectivity index (χ4v) is 2.62. The van der Waals surface area contributed by atoms with Crippen molar-refractivity contribution in [2.75, 3.05) is 33.0 Å². The van der Waals surface area contributed by atoms with Gasteiger partial charge in [-0.25, -0.2) is 0 Å². The summed E-state index contributed by atoms with van der Waals surface area (Å²) in [6.45, 7) is 14.7. The summed E-state index contributed by atoms with van der Waals surface area (Å²) in [5.41, 5.74) is 0. The predicted molar refractivity (Wildman–Crippen MR) is 94.4 cm³/mol. The molecule has 3 nitrogen and oxygen atoms in total. The minimum Gasteiger partial charge on any atom is -0.379 e. The molecule has 0 spiro atoms. The Morgan fingerprint density at radius 2 is 1.41 bits per heavy atom. The average molecular weight is 317 g/mol. The molecule has 0 aromatic heterocycles. The molecule has 0 saturated carbocycles. The Labute approximate surface area is 139 Å². The average Bonchev–Trinajstić information content (AvgIpc) is 2.53. The van der Waals surface area contributed by atoms with Gasteiger partial charge in [-0.05, 0) is 31.6 Å². The molecule has 0 aromatic rings. The van der Waals surface area contributed by atoms with Crippen LogP contribution in [-0.2, 0) is 14.2 Å². The number of hydrogen-bond acceptors (Lipinski definition) is 3. The Morgan fingerprint density at radius 3 is 2.00 bits per heavy atom. The highest BCUT2D eigenvalue weighted by atomic mass is 16.5. The van der Waals surface area contributed by atoms with E-state index in [1.54, 1.807) is 0 Å². The fourth-order valence-electron chi connectivity index (χ4n) is 2.62. The van der Waals surface area contributed by atoms with E-state index in [4.69, 9.17) is 14.2 Å². The summed E-state index contributed by atoms with van der Waals surface area (Å²) >= 11 is 0. The van der Waals surface area contributed by atoms with Crippen molar-refractivity contribution in [3.63, 3.8) is 0 Å². The summed E-state index contributed by atoms with van der Waals surface area (Å²) in [4.78, 5) is 0. The molecule has 3 unspecified atom stereocenters. The predicted octanol–water partition coefficient (Wildman–Crippen LogP) is 5.08. The molecule has 3 heteroatoms. The number of ether oxygens (including phenoxy) is 3. The van der Waals surface area contributed by atoms with Crippen molar-refractivity contribution in [2.45, 2.75) is 79.2 Å². The number of rotatable bonds is 16. The summed E-state index contributed by atoms with van der Waals surface area (Å²) in [5.74, 6) is 1.47. The van der Waals surface area contributed by atoms with E-state index in [-0.39, 0.29) is 0 Å². The standard InChI is InChI=1S/C19H40O3/c1-6-9-10-19(8-3)16-17(4)18(5)22-15-14-21-13-12-20-11-7-2/h17-19H,6-16H2,1-5H3. The first kappa shape index (κ1) is 21.9. The molecule has 3 atom stereocenters. The monoisotopic (exact) mass is 316 g/mol. The minimum absolute atomic E-state index is 0.315. The van der Waals surface area contributed by atoms with E-state index < -0.39 is 0 Å². The smallest absolute Gasteiger partial charge is 0.0704 e. The lowest BCUT2D eigenvalue weighted by molar-refractivity contribution is -0.0247. The van der Waals surface area contributed by atoms with Gasteiger partial charge in [-0.1, -0.05) is 53.4 Å². The summed E-state index contributed by atoms with van der Waals surface area (Å²) in [6, 6.07) is 0. The van der Waals surface area contributed by atoms with Crippen molar-refractivity contribution in [3.8, 4) is 0 Å². The van der Waals surface area contributed by atoms with Gasteiger partial charge in [-0.3, -0.25) is 0 Å². The van der Waals surface area contributed by atoms with Crippen LogP contribution in [0.25, 0.3) is 0 Å². The van der Waals surface area contributed by atoms with Crippen molar-refractivity contribution in [2.24, 2.45) is 11.8 Å². The fraction of sp³-hybridized carbons (Fsp3) is 1.00. The second-order valence-corrected chi connectivity index (χ2v) is 6.43. The molecule has 0 radical (unpaired) electrons. The Kier molecular flexibility index (Phi) is 15.7. The van der Waals surface area contributed by atoms with Crippen molar-refractivity contribution in [1.82, 2.24) is 0 Å². The number of unbranched alkanes of at least 4 members (excludes halogenated alkanes) is 1. The van der Waals surface area contributed by atoms with Crippen LogP contribution in [0, 0.1) is 11.8 Å². The van der Waals surface area contributed by atoms with Gasteiger partial charge in [-0.15, -0.1) is 0 Å². The van der Waals surface area contributed by atoms with Crippen LogP contribution in [0.15, 0.2) is 0 Å². The molecule has 0 aliphatic rings. The second-order valence-electron chi connectivity index (χ2n) is 6.43. The van der Waals surface area contributed by atoms with Crippen molar-refractivity contribution in [1.29, 1.82) is 0 Å². The van der Waals surface area contributed by atoms with Crippen LogP contribution in [0.3, 0.4) is 0 Å². The van der Waals surface area contributed by atoms with E-state index in [2.05, 4.69) is 34.6 Å². The molecule has 0 N–H and O–H groups in total. The summed E-state index contributed by atoms with van der Waals surface area (Å²) in [7, 11) is 0. The zero-order chi connectivity index (χ0) is 16.6. The van der Waals surface area contributed by atoms with Crippen LogP contribution in [0.4, 0.5) is 0 Å². The zero-order valence-corrected chi connectivity index (χ0v) is 15.7. The lowest BCUT2D eigenvalue weighted by Crippen LogP contribution is -2.23. The van der Waals surface area contributed by atoms with E-state index in [0.717, 1.165) is 18.9 Å². The molecule has 0 fully saturated rings. The maximum Gasteiger partial charge on any atom is 0.0704 e. The quantitative estimate of drug-likeness (QED) is 0.372. The van der Waals surface area contributed by atoms with Gasteiger partial charge < -0.3 is 14.2 Å². The Hall–Kier alpha value is -0.120. The molecular formula is C19H40O3. The third-order valence-corrected chi connectivity index (χ3v) is 4.38. The normalized spacial score (nSPS) is 15.7. The van der Waals surface area contributed by atoms with Crippen molar-refractivity contribution >= 4 is 0 Å². The molecule has 0 amide bonds. The molecule has 0 heterocycles. The summed E-state index contributed by atoms with van der Waals surface area (Å²) < 4.78 is 16.8. The van der Waals surface area contributed by atoms with E-state index in [9.17, 15) is 0 Å². The van der Waals surface area contributed by atoms with E-state index >= 15 is 0 Å². The second kappa shape index (κ2) is 15.8. The Morgan fingerprint density at radius 1 is 0.773 bits per heavy atom. The minimum atomic E-state index is 0.315. The molecule has 22 heavy (non-hydrogen) atoms. The van der Waals surface area contributed by atoms with Gasteiger partial charge in [0.05, 0.1) is 32.5 Å². The van der Waals surface area contributed by atoms with Crippen LogP contribution in [0.1, 0.15) is 73.1 Å². The largest absolute Gasteiger partial charge is 0.379 e. The van der Waals surface area contributed by atoms with Crippen LogP contribution in [0.2, 0.25) is 0 Å². The van der Waals surface area contributed by atoms with Gasteiger partial charge in [0.1, 0.15) is 0 Å². The first-order valence-electron chi connectivity index (χ1n) is 9.42. The van der Waals surface area contributed by atoms with Gasteiger partial charge in [-0.2, -0.15) is 0 Å². The molecular weight excluding hydrogens is 276 g/mol.